The number of nitrogens with zero attached hydrogens (tertiary/aromatic N) is 3. The summed E-state index contributed by atoms with van der Waals surface area (Å²) in [4.78, 5) is 28.7. The van der Waals surface area contributed by atoms with Crippen LogP contribution >= 0.6 is 0 Å². The molecule has 0 atom stereocenters. The van der Waals surface area contributed by atoms with Gasteiger partial charge in [0.25, 0.3) is 11.2 Å². The molecular formula is C23H17N3O3. The van der Waals surface area contributed by atoms with E-state index in [1.807, 2.05) is 37.3 Å². The molecule has 0 aliphatic rings. The van der Waals surface area contributed by atoms with Crippen LogP contribution < -0.4 is 5.56 Å². The van der Waals surface area contributed by atoms with E-state index < -0.39 is 4.92 Å². The smallest absolute Gasteiger partial charge is 0.268 e. The maximum Gasteiger partial charge on any atom is 0.276 e. The summed E-state index contributed by atoms with van der Waals surface area (Å²) < 4.78 is 1.52. The molecule has 142 valence electrons. The van der Waals surface area contributed by atoms with Gasteiger partial charge in [-0.15, -0.1) is 0 Å². The molecule has 0 amide bonds. The minimum atomic E-state index is -0.430. The van der Waals surface area contributed by atoms with Gasteiger partial charge < -0.3 is 0 Å². The van der Waals surface area contributed by atoms with Gasteiger partial charge >= 0.3 is 0 Å². The highest BCUT2D eigenvalue weighted by molar-refractivity contribution is 5.80. The Labute approximate surface area is 166 Å². The average molecular weight is 383 g/mol. The van der Waals surface area contributed by atoms with Gasteiger partial charge in [-0.05, 0) is 49.4 Å². The molecule has 4 aromatic rings. The number of benzene rings is 3. The van der Waals surface area contributed by atoms with E-state index in [9.17, 15) is 14.9 Å². The van der Waals surface area contributed by atoms with Crippen molar-refractivity contribution in [3.8, 4) is 5.69 Å². The van der Waals surface area contributed by atoms with Gasteiger partial charge in [-0.2, -0.15) is 0 Å². The lowest BCUT2D eigenvalue weighted by Crippen LogP contribution is -2.22. The number of fused-ring (bicyclic) bond motifs is 1. The van der Waals surface area contributed by atoms with Gasteiger partial charge in [-0.1, -0.05) is 42.0 Å². The fraction of sp³-hybridized carbons (Fsp3) is 0.0435. The molecule has 0 N–H and O–H groups in total. The van der Waals surface area contributed by atoms with Gasteiger partial charge in [0, 0.05) is 6.07 Å². The van der Waals surface area contributed by atoms with Crippen LogP contribution in [0, 0.1) is 17.0 Å². The van der Waals surface area contributed by atoms with Crippen molar-refractivity contribution < 1.29 is 4.92 Å². The summed E-state index contributed by atoms with van der Waals surface area (Å²) in [6.45, 7) is 1.97. The Morgan fingerprint density at radius 3 is 2.38 bits per heavy atom. The van der Waals surface area contributed by atoms with Gasteiger partial charge in [0.05, 0.1) is 27.1 Å². The molecular weight excluding hydrogens is 366 g/mol. The fourth-order valence-corrected chi connectivity index (χ4v) is 3.16. The second-order valence-corrected chi connectivity index (χ2v) is 6.61. The van der Waals surface area contributed by atoms with Crippen LogP contribution in [0.3, 0.4) is 0 Å². The molecule has 0 aliphatic carbocycles. The van der Waals surface area contributed by atoms with E-state index in [4.69, 9.17) is 0 Å². The zero-order valence-corrected chi connectivity index (χ0v) is 15.6. The monoisotopic (exact) mass is 383 g/mol. The van der Waals surface area contributed by atoms with E-state index in [1.54, 1.807) is 48.6 Å². The van der Waals surface area contributed by atoms with Crippen molar-refractivity contribution in [2.45, 2.75) is 6.92 Å². The standard InChI is InChI=1S/C23H17N3O3/c1-16-10-13-18(14-11-16)25-22(24-20-8-4-3-7-19(20)23(25)27)15-12-17-6-2-5-9-21(17)26(28)29/h2-15H,1H3/b15-12+. The first-order chi connectivity index (χ1) is 14.0. The van der Waals surface area contributed by atoms with Gasteiger partial charge in [-0.25, -0.2) is 4.98 Å². The minimum absolute atomic E-state index is 0.00577. The van der Waals surface area contributed by atoms with Crippen LogP contribution in [-0.4, -0.2) is 14.5 Å². The zero-order chi connectivity index (χ0) is 20.4. The number of nitro groups is 1. The molecule has 6 nitrogen and oxygen atoms in total. The number of hydrogen-bond acceptors (Lipinski definition) is 4. The highest BCUT2D eigenvalue weighted by atomic mass is 16.6. The topological polar surface area (TPSA) is 78.0 Å². The lowest BCUT2D eigenvalue weighted by Gasteiger charge is -2.11. The molecule has 4 rings (SSSR count). The van der Waals surface area contributed by atoms with Gasteiger partial charge in [-0.3, -0.25) is 19.5 Å². The average Bonchev–Trinajstić information content (AvgIpc) is 2.73. The zero-order valence-electron chi connectivity index (χ0n) is 15.6. The SMILES string of the molecule is Cc1ccc(-n2c(/C=C/c3ccccc3[N+](=O)[O-])nc3ccccc3c2=O)cc1. The first-order valence-corrected chi connectivity index (χ1v) is 9.05. The van der Waals surface area contributed by atoms with Crippen molar-refractivity contribution in [1.82, 2.24) is 9.55 Å². The van der Waals surface area contributed by atoms with Crippen molar-refractivity contribution in [2.75, 3.05) is 0 Å². The first kappa shape index (κ1) is 18.3. The lowest BCUT2D eigenvalue weighted by molar-refractivity contribution is -0.385. The van der Waals surface area contributed by atoms with Crippen molar-refractivity contribution in [1.29, 1.82) is 0 Å². The van der Waals surface area contributed by atoms with Crippen molar-refractivity contribution in [2.24, 2.45) is 0 Å². The van der Waals surface area contributed by atoms with Gasteiger partial charge in [0.2, 0.25) is 0 Å². The van der Waals surface area contributed by atoms with E-state index in [0.29, 0.717) is 28.0 Å². The molecule has 0 unspecified atom stereocenters. The van der Waals surface area contributed by atoms with Crippen LogP contribution in [-0.2, 0) is 0 Å². The third kappa shape index (κ3) is 3.55. The molecule has 1 heterocycles. The van der Waals surface area contributed by atoms with Crippen molar-refractivity contribution in [3.05, 3.63) is 110 Å². The van der Waals surface area contributed by atoms with Crippen LogP contribution in [0.25, 0.3) is 28.7 Å². The Morgan fingerprint density at radius 1 is 0.931 bits per heavy atom. The summed E-state index contributed by atoms with van der Waals surface area (Å²) in [6, 6.07) is 21.1. The molecule has 0 aliphatic heterocycles. The number of rotatable bonds is 4. The molecule has 0 saturated carbocycles. The highest BCUT2D eigenvalue weighted by Crippen LogP contribution is 2.21. The number of hydrogen-bond donors (Lipinski definition) is 0. The van der Waals surface area contributed by atoms with E-state index in [-0.39, 0.29) is 11.2 Å². The van der Waals surface area contributed by atoms with Crippen LogP contribution in [0.4, 0.5) is 5.69 Å². The normalized spacial score (nSPS) is 11.2. The van der Waals surface area contributed by atoms with E-state index in [0.717, 1.165) is 5.56 Å². The summed E-state index contributed by atoms with van der Waals surface area (Å²) in [5, 5.41) is 11.8. The molecule has 0 bridgehead atoms. The third-order valence-electron chi connectivity index (χ3n) is 4.64. The Kier molecular flexibility index (Phi) is 4.75. The second kappa shape index (κ2) is 7.52. The van der Waals surface area contributed by atoms with Gasteiger partial charge in [0.15, 0.2) is 0 Å². The molecule has 29 heavy (non-hydrogen) atoms. The minimum Gasteiger partial charge on any atom is -0.268 e. The van der Waals surface area contributed by atoms with E-state index in [1.165, 1.54) is 10.6 Å². The fourth-order valence-electron chi connectivity index (χ4n) is 3.16. The molecule has 0 radical (unpaired) electrons. The van der Waals surface area contributed by atoms with Crippen LogP contribution in [0.5, 0.6) is 0 Å². The predicted molar refractivity (Wildman–Crippen MR) is 114 cm³/mol. The van der Waals surface area contributed by atoms with E-state index >= 15 is 0 Å². The Hall–Kier alpha value is -4.06. The second-order valence-electron chi connectivity index (χ2n) is 6.61. The number of aromatic nitrogens is 2. The lowest BCUT2D eigenvalue weighted by atomic mass is 10.1. The predicted octanol–water partition coefficient (Wildman–Crippen LogP) is 4.77. The van der Waals surface area contributed by atoms with Crippen LogP contribution in [0.15, 0.2) is 77.6 Å². The van der Waals surface area contributed by atoms with Crippen LogP contribution in [0.2, 0.25) is 0 Å². The van der Waals surface area contributed by atoms with Crippen LogP contribution in [0.1, 0.15) is 17.0 Å². The highest BCUT2D eigenvalue weighted by Gasteiger charge is 2.13. The molecule has 6 heteroatoms. The summed E-state index contributed by atoms with van der Waals surface area (Å²) in [6.07, 6.45) is 3.25. The summed E-state index contributed by atoms with van der Waals surface area (Å²) >= 11 is 0. The molecule has 0 spiro atoms. The third-order valence-corrected chi connectivity index (χ3v) is 4.64. The number of nitro benzene ring substituents is 1. The first-order valence-electron chi connectivity index (χ1n) is 9.05. The Bertz CT molecular complexity index is 1310. The molecule has 3 aromatic carbocycles. The van der Waals surface area contributed by atoms with Crippen molar-refractivity contribution >= 4 is 28.7 Å². The Balaban J connectivity index is 1.94. The summed E-state index contributed by atoms with van der Waals surface area (Å²) in [5.74, 6) is 0.399. The quantitative estimate of drug-likeness (QED) is 0.375. The molecule has 1 aromatic heterocycles. The summed E-state index contributed by atoms with van der Waals surface area (Å²) in [7, 11) is 0. The molecule has 0 fully saturated rings. The number of para-hydroxylation sites is 2. The largest absolute Gasteiger partial charge is 0.276 e. The Morgan fingerprint density at radius 2 is 1.62 bits per heavy atom. The maximum absolute atomic E-state index is 13.2. The maximum atomic E-state index is 13.2. The van der Waals surface area contributed by atoms with E-state index in [2.05, 4.69) is 4.98 Å². The number of aryl methyl sites for hydroxylation is 1. The summed E-state index contributed by atoms with van der Waals surface area (Å²) in [5.41, 5.74) is 2.57. The molecule has 0 saturated heterocycles. The van der Waals surface area contributed by atoms with Gasteiger partial charge in [0.1, 0.15) is 5.82 Å². The van der Waals surface area contributed by atoms with Crippen molar-refractivity contribution in [3.63, 3.8) is 0 Å².